The number of hydrogen-bond donors (Lipinski definition) is 3. The second kappa shape index (κ2) is 37.2. The molecule has 3 atom stereocenters. The molecule has 0 aromatic carbocycles. The molecule has 47 heavy (non-hydrogen) atoms. The lowest BCUT2D eigenvalue weighted by atomic mass is 10.0. The summed E-state index contributed by atoms with van der Waals surface area (Å²) < 4.78 is 34.0. The number of aliphatic hydroxyl groups excluding tert-OH is 2. The van der Waals surface area contributed by atoms with Gasteiger partial charge in [-0.25, -0.2) is 4.57 Å². The van der Waals surface area contributed by atoms with Crippen LogP contribution in [0.5, 0.6) is 0 Å². The highest BCUT2D eigenvalue weighted by Gasteiger charge is 2.25. The van der Waals surface area contributed by atoms with Gasteiger partial charge in [0.1, 0.15) is 12.2 Å². The number of phosphoric acid groups is 1. The standard InChI is InChI=1S/C38H79O8P/c1-3-5-7-9-11-13-15-17-19-21-23-25-27-29-31-43-35-38(36-46-47(41,42)45-34-37(40)33-39)44-32-30-28-26-24-22-20-18-16-14-12-10-8-6-4-2/h37-40H,3-36H2,1-2H3,(H,41,42). The third-order valence-electron chi connectivity index (χ3n) is 8.86. The summed E-state index contributed by atoms with van der Waals surface area (Å²) in [5, 5.41) is 18.3. The van der Waals surface area contributed by atoms with E-state index in [0.717, 1.165) is 25.7 Å². The average molecular weight is 695 g/mol. The van der Waals surface area contributed by atoms with Crippen molar-refractivity contribution in [2.75, 3.05) is 39.6 Å². The smallest absolute Gasteiger partial charge is 0.394 e. The molecule has 0 amide bonds. The van der Waals surface area contributed by atoms with Gasteiger partial charge in [-0.05, 0) is 12.8 Å². The van der Waals surface area contributed by atoms with Crippen LogP contribution in [0.25, 0.3) is 0 Å². The van der Waals surface area contributed by atoms with Crippen LogP contribution in [0.4, 0.5) is 0 Å². The molecular weight excluding hydrogens is 615 g/mol. The molecule has 0 fully saturated rings. The van der Waals surface area contributed by atoms with Gasteiger partial charge in [-0.1, -0.05) is 181 Å². The molecule has 0 aromatic rings. The molecule has 0 aromatic heterocycles. The van der Waals surface area contributed by atoms with Crippen molar-refractivity contribution in [2.45, 2.75) is 206 Å². The summed E-state index contributed by atoms with van der Waals surface area (Å²) in [6.45, 7) is 4.83. The largest absolute Gasteiger partial charge is 0.472 e. The molecule has 0 bridgehead atoms. The highest BCUT2D eigenvalue weighted by atomic mass is 31.2. The molecule has 8 nitrogen and oxygen atoms in total. The van der Waals surface area contributed by atoms with E-state index in [1.165, 1.54) is 154 Å². The van der Waals surface area contributed by atoms with Crippen molar-refractivity contribution in [1.29, 1.82) is 0 Å². The van der Waals surface area contributed by atoms with Gasteiger partial charge >= 0.3 is 7.82 Å². The minimum Gasteiger partial charge on any atom is -0.394 e. The van der Waals surface area contributed by atoms with E-state index >= 15 is 0 Å². The van der Waals surface area contributed by atoms with Crippen molar-refractivity contribution in [3.05, 3.63) is 0 Å². The fourth-order valence-corrected chi connectivity index (χ4v) is 6.54. The lowest BCUT2D eigenvalue weighted by Gasteiger charge is -2.20. The number of hydrogen-bond acceptors (Lipinski definition) is 7. The molecule has 0 aliphatic carbocycles. The SMILES string of the molecule is CCCCCCCCCCCCCCCCOCC(COP(=O)(O)OCC(O)CO)OCCCCCCCCCCCCCCCC. The van der Waals surface area contributed by atoms with Gasteiger partial charge in [0.25, 0.3) is 0 Å². The first-order valence-electron chi connectivity index (χ1n) is 20.0. The third-order valence-corrected chi connectivity index (χ3v) is 9.81. The normalized spacial score (nSPS) is 14.4. The first kappa shape index (κ1) is 47.0. The number of phosphoric ester groups is 1. The monoisotopic (exact) mass is 695 g/mol. The van der Waals surface area contributed by atoms with Gasteiger partial charge in [0, 0.05) is 13.2 Å². The Morgan fingerprint density at radius 2 is 0.830 bits per heavy atom. The molecule has 9 heteroatoms. The van der Waals surface area contributed by atoms with Gasteiger partial charge in [-0.2, -0.15) is 0 Å². The number of ether oxygens (including phenoxy) is 2. The van der Waals surface area contributed by atoms with Gasteiger partial charge in [0.05, 0.1) is 26.4 Å². The average Bonchev–Trinajstić information content (AvgIpc) is 3.07. The summed E-state index contributed by atoms with van der Waals surface area (Å²) >= 11 is 0. The Morgan fingerprint density at radius 3 is 1.21 bits per heavy atom. The zero-order valence-corrected chi connectivity index (χ0v) is 31.9. The zero-order chi connectivity index (χ0) is 34.5. The lowest BCUT2D eigenvalue weighted by Crippen LogP contribution is -2.27. The first-order chi connectivity index (χ1) is 22.9. The Kier molecular flexibility index (Phi) is 37.2. The molecule has 0 aliphatic rings. The van der Waals surface area contributed by atoms with E-state index in [2.05, 4.69) is 13.8 Å². The number of unbranched alkanes of at least 4 members (excludes halogenated alkanes) is 26. The lowest BCUT2D eigenvalue weighted by molar-refractivity contribution is -0.0462. The van der Waals surface area contributed by atoms with Crippen LogP contribution in [0, 0.1) is 0 Å². The predicted octanol–water partition coefficient (Wildman–Crippen LogP) is 10.8. The summed E-state index contributed by atoms with van der Waals surface area (Å²) in [6, 6.07) is 0. The highest BCUT2D eigenvalue weighted by molar-refractivity contribution is 7.47. The first-order valence-corrected chi connectivity index (χ1v) is 21.5. The molecule has 0 saturated heterocycles. The van der Waals surface area contributed by atoms with Gasteiger partial charge < -0.3 is 24.6 Å². The summed E-state index contributed by atoms with van der Waals surface area (Å²) in [5.41, 5.74) is 0. The molecule has 3 N–H and O–H groups in total. The van der Waals surface area contributed by atoms with Gasteiger partial charge in [0.15, 0.2) is 0 Å². The van der Waals surface area contributed by atoms with Crippen molar-refractivity contribution in [1.82, 2.24) is 0 Å². The summed E-state index contributed by atoms with van der Waals surface area (Å²) in [5.74, 6) is 0. The van der Waals surface area contributed by atoms with Gasteiger partial charge in [-0.3, -0.25) is 9.05 Å². The second-order valence-electron chi connectivity index (χ2n) is 13.7. The Morgan fingerprint density at radius 1 is 0.489 bits per heavy atom. The number of aliphatic hydroxyl groups is 2. The van der Waals surface area contributed by atoms with E-state index in [4.69, 9.17) is 23.6 Å². The van der Waals surface area contributed by atoms with Crippen LogP contribution in [-0.4, -0.2) is 67.0 Å². The van der Waals surface area contributed by atoms with Crippen LogP contribution < -0.4 is 0 Å². The van der Waals surface area contributed by atoms with Crippen molar-refractivity contribution in [3.8, 4) is 0 Å². The minimum absolute atomic E-state index is 0.139. The maximum Gasteiger partial charge on any atom is 0.472 e. The number of rotatable bonds is 40. The third kappa shape index (κ3) is 37.0. The maximum absolute atomic E-state index is 12.2. The van der Waals surface area contributed by atoms with E-state index in [0.29, 0.717) is 13.2 Å². The summed E-state index contributed by atoms with van der Waals surface area (Å²) in [6.07, 6.45) is 34.8. The van der Waals surface area contributed by atoms with E-state index in [9.17, 15) is 14.6 Å². The predicted molar refractivity (Wildman–Crippen MR) is 196 cm³/mol. The van der Waals surface area contributed by atoms with Crippen LogP contribution in [0.2, 0.25) is 0 Å². The summed E-state index contributed by atoms with van der Waals surface area (Å²) in [7, 11) is -4.37. The van der Waals surface area contributed by atoms with Crippen molar-refractivity contribution >= 4 is 7.82 Å². The summed E-state index contributed by atoms with van der Waals surface area (Å²) in [4.78, 5) is 9.95. The van der Waals surface area contributed by atoms with Gasteiger partial charge in [0.2, 0.25) is 0 Å². The fraction of sp³-hybridized carbons (Fsp3) is 1.00. The molecule has 0 rings (SSSR count). The van der Waals surface area contributed by atoms with E-state index in [-0.39, 0.29) is 13.2 Å². The van der Waals surface area contributed by atoms with Crippen LogP contribution in [0.3, 0.4) is 0 Å². The van der Waals surface area contributed by atoms with Crippen LogP contribution >= 0.6 is 7.82 Å². The zero-order valence-electron chi connectivity index (χ0n) is 31.0. The molecule has 0 spiro atoms. The Balaban J connectivity index is 4.03. The van der Waals surface area contributed by atoms with Crippen LogP contribution in [0.15, 0.2) is 0 Å². The molecular formula is C38H79O8P. The van der Waals surface area contributed by atoms with Gasteiger partial charge in [-0.15, -0.1) is 0 Å². The Hall–Kier alpha value is -0.0500. The van der Waals surface area contributed by atoms with Crippen LogP contribution in [0.1, 0.15) is 194 Å². The molecule has 0 saturated carbocycles. The molecule has 3 unspecified atom stereocenters. The Bertz CT molecular complexity index is 653. The quantitative estimate of drug-likeness (QED) is 0.0429. The van der Waals surface area contributed by atoms with E-state index in [1.807, 2.05) is 0 Å². The molecule has 0 aliphatic heterocycles. The Labute approximate surface area is 291 Å². The van der Waals surface area contributed by atoms with E-state index in [1.54, 1.807) is 0 Å². The highest BCUT2D eigenvalue weighted by Crippen LogP contribution is 2.43. The van der Waals surface area contributed by atoms with Crippen molar-refractivity contribution < 1.29 is 38.2 Å². The van der Waals surface area contributed by atoms with Crippen LogP contribution in [-0.2, 0) is 23.1 Å². The maximum atomic E-state index is 12.2. The minimum atomic E-state index is -4.37. The second-order valence-corrected chi connectivity index (χ2v) is 15.1. The molecule has 0 radical (unpaired) electrons. The molecule has 284 valence electrons. The van der Waals surface area contributed by atoms with E-state index < -0.39 is 33.2 Å². The fourth-order valence-electron chi connectivity index (χ4n) is 5.75. The van der Waals surface area contributed by atoms with Crippen molar-refractivity contribution in [3.63, 3.8) is 0 Å². The topological polar surface area (TPSA) is 115 Å². The van der Waals surface area contributed by atoms with Crippen molar-refractivity contribution in [2.24, 2.45) is 0 Å². The molecule has 0 heterocycles.